The van der Waals surface area contributed by atoms with Gasteiger partial charge in [0, 0.05) is 18.8 Å². The first-order chi connectivity index (χ1) is 7.62. The Bertz CT molecular complexity index is 345. The SMILES string of the molecule is CC(=O)OC12CC3C[C@H](C1)C(=NO)[C@H](C3)C2. The van der Waals surface area contributed by atoms with E-state index in [4.69, 9.17) is 9.94 Å². The average molecular weight is 223 g/mol. The van der Waals surface area contributed by atoms with Gasteiger partial charge >= 0.3 is 5.97 Å². The number of esters is 1. The number of ether oxygens (including phenoxy) is 1. The highest BCUT2D eigenvalue weighted by molar-refractivity contribution is 5.90. The summed E-state index contributed by atoms with van der Waals surface area (Å²) in [5.74, 6) is 1.16. The molecule has 0 amide bonds. The van der Waals surface area contributed by atoms with Gasteiger partial charge in [0.15, 0.2) is 0 Å². The molecule has 4 aliphatic carbocycles. The van der Waals surface area contributed by atoms with E-state index in [1.54, 1.807) is 0 Å². The molecule has 4 aliphatic rings. The summed E-state index contributed by atoms with van der Waals surface area (Å²) in [5.41, 5.74) is 0.718. The number of nitrogens with zero attached hydrogens (tertiary/aromatic N) is 1. The van der Waals surface area contributed by atoms with Gasteiger partial charge in [0.2, 0.25) is 0 Å². The fourth-order valence-electron chi connectivity index (χ4n) is 4.29. The summed E-state index contributed by atoms with van der Waals surface area (Å²) >= 11 is 0. The van der Waals surface area contributed by atoms with Gasteiger partial charge in [0.25, 0.3) is 0 Å². The van der Waals surface area contributed by atoms with Crippen LogP contribution in [-0.2, 0) is 9.53 Å². The maximum absolute atomic E-state index is 11.2. The predicted molar refractivity (Wildman–Crippen MR) is 57.3 cm³/mol. The molecule has 1 N–H and O–H groups in total. The van der Waals surface area contributed by atoms with Crippen LogP contribution in [0.3, 0.4) is 0 Å². The van der Waals surface area contributed by atoms with Gasteiger partial charge in [-0.25, -0.2) is 0 Å². The molecule has 0 aromatic heterocycles. The lowest BCUT2D eigenvalue weighted by molar-refractivity contribution is -0.173. The van der Waals surface area contributed by atoms with Gasteiger partial charge in [0.1, 0.15) is 5.60 Å². The highest BCUT2D eigenvalue weighted by Gasteiger charge is 2.56. The molecule has 2 atom stereocenters. The van der Waals surface area contributed by atoms with Crippen molar-refractivity contribution in [1.82, 2.24) is 0 Å². The van der Waals surface area contributed by atoms with Crippen molar-refractivity contribution in [3.05, 3.63) is 0 Å². The van der Waals surface area contributed by atoms with E-state index in [1.807, 2.05) is 0 Å². The summed E-state index contributed by atoms with van der Waals surface area (Å²) in [4.78, 5) is 11.2. The van der Waals surface area contributed by atoms with E-state index in [2.05, 4.69) is 5.16 Å². The quantitative estimate of drug-likeness (QED) is 0.420. The Morgan fingerprint density at radius 2 is 2.00 bits per heavy atom. The summed E-state index contributed by atoms with van der Waals surface area (Å²) in [6.45, 7) is 1.49. The maximum Gasteiger partial charge on any atom is 0.303 e. The van der Waals surface area contributed by atoms with Gasteiger partial charge in [-0.15, -0.1) is 0 Å². The normalized spacial score (nSPS) is 44.6. The van der Waals surface area contributed by atoms with Crippen molar-refractivity contribution < 1.29 is 14.7 Å². The Morgan fingerprint density at radius 1 is 1.38 bits per heavy atom. The van der Waals surface area contributed by atoms with E-state index >= 15 is 0 Å². The number of oxime groups is 1. The average Bonchev–Trinajstić information content (AvgIpc) is 2.13. The van der Waals surface area contributed by atoms with Crippen molar-refractivity contribution >= 4 is 11.7 Å². The van der Waals surface area contributed by atoms with Gasteiger partial charge in [-0.05, 0) is 38.0 Å². The lowest BCUT2D eigenvalue weighted by Gasteiger charge is -2.55. The summed E-state index contributed by atoms with van der Waals surface area (Å²) < 4.78 is 5.57. The van der Waals surface area contributed by atoms with Crippen molar-refractivity contribution in [3.8, 4) is 0 Å². The fraction of sp³-hybridized carbons (Fsp3) is 0.833. The van der Waals surface area contributed by atoms with Gasteiger partial charge in [0.05, 0.1) is 5.71 Å². The van der Waals surface area contributed by atoms with E-state index in [0.717, 1.165) is 37.8 Å². The van der Waals surface area contributed by atoms with Crippen LogP contribution >= 0.6 is 0 Å². The van der Waals surface area contributed by atoms with Crippen molar-refractivity contribution in [2.45, 2.75) is 44.6 Å². The number of rotatable bonds is 1. The van der Waals surface area contributed by atoms with Crippen LogP contribution in [0, 0.1) is 17.8 Å². The molecule has 0 aliphatic heterocycles. The van der Waals surface area contributed by atoms with E-state index in [0.29, 0.717) is 17.8 Å². The summed E-state index contributed by atoms with van der Waals surface area (Å²) in [7, 11) is 0. The number of carbonyl (C=O) groups excluding carboxylic acids is 1. The minimum Gasteiger partial charge on any atom is -0.459 e. The minimum absolute atomic E-state index is 0.176. The molecule has 0 spiro atoms. The molecular formula is C12H17NO3. The molecule has 4 bridgehead atoms. The molecule has 0 saturated heterocycles. The third-order valence-corrected chi connectivity index (χ3v) is 4.45. The number of hydrogen-bond acceptors (Lipinski definition) is 4. The molecule has 4 saturated carbocycles. The second-order valence-electron chi connectivity index (χ2n) is 5.65. The zero-order valence-electron chi connectivity index (χ0n) is 9.48. The summed E-state index contributed by atoms with van der Waals surface area (Å²) in [6, 6.07) is 0. The van der Waals surface area contributed by atoms with Crippen molar-refractivity contribution in [2.75, 3.05) is 0 Å². The van der Waals surface area contributed by atoms with Gasteiger partial charge in [-0.2, -0.15) is 0 Å². The largest absolute Gasteiger partial charge is 0.459 e. The van der Waals surface area contributed by atoms with Crippen molar-refractivity contribution in [3.63, 3.8) is 0 Å². The molecule has 0 radical (unpaired) electrons. The predicted octanol–water partition coefficient (Wildman–Crippen LogP) is 1.96. The van der Waals surface area contributed by atoms with Crippen LogP contribution in [0.4, 0.5) is 0 Å². The van der Waals surface area contributed by atoms with Gasteiger partial charge in [-0.1, -0.05) is 5.16 Å². The van der Waals surface area contributed by atoms with Crippen LogP contribution in [0.25, 0.3) is 0 Å². The molecule has 0 aromatic rings. The third-order valence-electron chi connectivity index (χ3n) is 4.45. The lowest BCUT2D eigenvalue weighted by atomic mass is 9.53. The third kappa shape index (κ3) is 1.35. The maximum atomic E-state index is 11.2. The van der Waals surface area contributed by atoms with E-state index in [-0.39, 0.29) is 11.6 Å². The van der Waals surface area contributed by atoms with E-state index in [1.165, 1.54) is 6.92 Å². The molecule has 4 rings (SSSR count). The first kappa shape index (κ1) is 10.1. The molecular weight excluding hydrogens is 206 g/mol. The van der Waals surface area contributed by atoms with Crippen LogP contribution in [0.2, 0.25) is 0 Å². The van der Waals surface area contributed by atoms with Crippen LogP contribution in [-0.4, -0.2) is 22.5 Å². The highest BCUT2D eigenvalue weighted by Crippen LogP contribution is 2.55. The van der Waals surface area contributed by atoms with Crippen LogP contribution in [0.5, 0.6) is 0 Å². The monoisotopic (exact) mass is 223 g/mol. The molecule has 4 nitrogen and oxygen atoms in total. The second kappa shape index (κ2) is 3.22. The molecule has 4 heteroatoms. The number of carbonyl (C=O) groups is 1. The lowest BCUT2D eigenvalue weighted by Crippen LogP contribution is -2.56. The highest BCUT2D eigenvalue weighted by atomic mass is 16.6. The smallest absolute Gasteiger partial charge is 0.303 e. The topological polar surface area (TPSA) is 58.9 Å². The Morgan fingerprint density at radius 3 is 2.50 bits per heavy atom. The van der Waals surface area contributed by atoms with Crippen molar-refractivity contribution in [2.24, 2.45) is 22.9 Å². The van der Waals surface area contributed by atoms with E-state index in [9.17, 15) is 4.79 Å². The molecule has 16 heavy (non-hydrogen) atoms. The second-order valence-corrected chi connectivity index (χ2v) is 5.65. The molecule has 88 valence electrons. The van der Waals surface area contributed by atoms with Crippen molar-refractivity contribution in [1.29, 1.82) is 0 Å². The molecule has 0 unspecified atom stereocenters. The first-order valence-corrected chi connectivity index (χ1v) is 6.03. The van der Waals surface area contributed by atoms with Gasteiger partial charge in [-0.3, -0.25) is 4.79 Å². The Kier molecular flexibility index (Phi) is 2.03. The standard InChI is InChI=1S/C12H17NO3/c1-7(14)16-12-4-8-2-9(5-12)11(13-15)10(3-8)6-12/h8-10,15H,2-6H2,1H3/t8?,9-,10-,12?/m1/s1. The zero-order valence-corrected chi connectivity index (χ0v) is 9.48. The van der Waals surface area contributed by atoms with E-state index < -0.39 is 0 Å². The Balaban J connectivity index is 1.89. The summed E-state index contributed by atoms with van der Waals surface area (Å²) in [6.07, 6.45) is 4.95. The van der Waals surface area contributed by atoms with Crippen LogP contribution in [0.1, 0.15) is 39.0 Å². The van der Waals surface area contributed by atoms with Crippen LogP contribution < -0.4 is 0 Å². The Labute approximate surface area is 94.7 Å². The molecule has 0 heterocycles. The molecule has 4 fully saturated rings. The summed E-state index contributed by atoms with van der Waals surface area (Å²) in [5, 5.41) is 12.5. The van der Waals surface area contributed by atoms with Gasteiger partial charge < -0.3 is 9.94 Å². The first-order valence-electron chi connectivity index (χ1n) is 6.03. The Hall–Kier alpha value is -1.06. The minimum atomic E-state index is -0.240. The number of hydrogen-bond donors (Lipinski definition) is 1. The molecule has 0 aromatic carbocycles. The van der Waals surface area contributed by atoms with Crippen LogP contribution in [0.15, 0.2) is 5.16 Å². The fourth-order valence-corrected chi connectivity index (χ4v) is 4.29. The zero-order chi connectivity index (χ0) is 11.3.